The first kappa shape index (κ1) is 16.2. The van der Waals surface area contributed by atoms with E-state index in [4.69, 9.17) is 5.26 Å². The smallest absolute Gasteiger partial charge is 0.0655 e. The SMILES string of the molecule is CC(C)C1CCN(CCSC2CCC(C#N)CC2)CC1. The third-order valence-corrected chi connectivity index (χ3v) is 6.55. The van der Waals surface area contributed by atoms with Crippen LogP contribution in [0.2, 0.25) is 0 Å². The summed E-state index contributed by atoms with van der Waals surface area (Å²) in [6, 6.07) is 2.43. The zero-order valence-corrected chi connectivity index (χ0v) is 14.0. The van der Waals surface area contributed by atoms with Gasteiger partial charge >= 0.3 is 0 Å². The Balaban J connectivity index is 1.55. The van der Waals surface area contributed by atoms with Gasteiger partial charge in [-0.05, 0) is 63.5 Å². The first-order valence-electron chi connectivity index (χ1n) is 8.42. The van der Waals surface area contributed by atoms with Gasteiger partial charge in [0.1, 0.15) is 0 Å². The van der Waals surface area contributed by atoms with Crippen molar-refractivity contribution in [2.24, 2.45) is 17.8 Å². The van der Waals surface area contributed by atoms with Crippen LogP contribution in [0.3, 0.4) is 0 Å². The molecule has 2 rings (SSSR count). The molecule has 0 spiro atoms. The molecule has 3 heteroatoms. The van der Waals surface area contributed by atoms with Gasteiger partial charge in [-0.3, -0.25) is 0 Å². The summed E-state index contributed by atoms with van der Waals surface area (Å²) in [7, 11) is 0. The quantitative estimate of drug-likeness (QED) is 0.761. The molecule has 2 fully saturated rings. The summed E-state index contributed by atoms with van der Waals surface area (Å²) in [6.45, 7) is 8.63. The van der Waals surface area contributed by atoms with E-state index in [2.05, 4.69) is 36.6 Å². The van der Waals surface area contributed by atoms with Crippen LogP contribution in [0.25, 0.3) is 0 Å². The number of thioether (sulfide) groups is 1. The number of likely N-dealkylation sites (tertiary alicyclic amines) is 1. The normalized spacial score (nSPS) is 29.5. The number of hydrogen-bond acceptors (Lipinski definition) is 3. The molecule has 0 radical (unpaired) electrons. The second kappa shape index (κ2) is 8.29. The minimum Gasteiger partial charge on any atom is -0.302 e. The fourth-order valence-electron chi connectivity index (χ4n) is 3.55. The highest BCUT2D eigenvalue weighted by molar-refractivity contribution is 7.99. The lowest BCUT2D eigenvalue weighted by molar-refractivity contribution is 0.165. The van der Waals surface area contributed by atoms with Crippen LogP contribution in [0.1, 0.15) is 52.4 Å². The van der Waals surface area contributed by atoms with Crippen molar-refractivity contribution in [2.45, 2.75) is 57.6 Å². The Morgan fingerprint density at radius 3 is 2.30 bits per heavy atom. The Bertz CT molecular complexity index is 307. The van der Waals surface area contributed by atoms with E-state index >= 15 is 0 Å². The van der Waals surface area contributed by atoms with Crippen molar-refractivity contribution in [2.75, 3.05) is 25.4 Å². The van der Waals surface area contributed by atoms with Gasteiger partial charge < -0.3 is 4.90 Å². The molecule has 0 aromatic heterocycles. The van der Waals surface area contributed by atoms with Crippen molar-refractivity contribution in [3.63, 3.8) is 0 Å². The summed E-state index contributed by atoms with van der Waals surface area (Å²) in [6.07, 6.45) is 7.59. The molecule has 0 N–H and O–H groups in total. The number of hydrogen-bond donors (Lipinski definition) is 0. The molecule has 1 aliphatic carbocycles. The molecule has 1 heterocycles. The van der Waals surface area contributed by atoms with Crippen LogP contribution < -0.4 is 0 Å². The van der Waals surface area contributed by atoms with Crippen molar-refractivity contribution in [1.82, 2.24) is 4.90 Å². The molecule has 1 saturated carbocycles. The Labute approximate surface area is 129 Å². The van der Waals surface area contributed by atoms with Crippen molar-refractivity contribution < 1.29 is 0 Å². The first-order chi connectivity index (χ1) is 9.69. The monoisotopic (exact) mass is 294 g/mol. The van der Waals surface area contributed by atoms with Crippen LogP contribution in [0, 0.1) is 29.1 Å². The Kier molecular flexibility index (Phi) is 6.71. The fraction of sp³-hybridized carbons (Fsp3) is 0.941. The fourth-order valence-corrected chi connectivity index (χ4v) is 4.85. The first-order valence-corrected chi connectivity index (χ1v) is 9.47. The zero-order valence-electron chi connectivity index (χ0n) is 13.2. The molecule has 1 aliphatic heterocycles. The lowest BCUT2D eigenvalue weighted by Gasteiger charge is -2.34. The molecule has 0 aromatic rings. The van der Waals surface area contributed by atoms with E-state index < -0.39 is 0 Å². The van der Waals surface area contributed by atoms with Gasteiger partial charge in [-0.15, -0.1) is 0 Å². The molecule has 0 atom stereocenters. The predicted octanol–water partition coefficient (Wildman–Crippen LogP) is 4.17. The van der Waals surface area contributed by atoms with E-state index in [-0.39, 0.29) is 0 Å². The maximum atomic E-state index is 8.92. The van der Waals surface area contributed by atoms with Gasteiger partial charge in [-0.1, -0.05) is 13.8 Å². The van der Waals surface area contributed by atoms with Gasteiger partial charge in [-0.2, -0.15) is 17.0 Å². The summed E-state index contributed by atoms with van der Waals surface area (Å²) < 4.78 is 0. The number of nitriles is 1. The summed E-state index contributed by atoms with van der Waals surface area (Å²) in [5.74, 6) is 3.46. The van der Waals surface area contributed by atoms with Gasteiger partial charge in [0.15, 0.2) is 0 Å². The molecule has 0 bridgehead atoms. The van der Waals surface area contributed by atoms with Crippen LogP contribution in [0.15, 0.2) is 0 Å². The van der Waals surface area contributed by atoms with Crippen LogP contribution in [-0.4, -0.2) is 35.5 Å². The molecule has 0 unspecified atom stereocenters. The topological polar surface area (TPSA) is 27.0 Å². The molecule has 20 heavy (non-hydrogen) atoms. The van der Waals surface area contributed by atoms with Crippen LogP contribution in [0.5, 0.6) is 0 Å². The van der Waals surface area contributed by atoms with Crippen molar-refractivity contribution >= 4 is 11.8 Å². The third-order valence-electron chi connectivity index (χ3n) is 5.19. The van der Waals surface area contributed by atoms with E-state index in [9.17, 15) is 0 Å². The highest BCUT2D eigenvalue weighted by atomic mass is 32.2. The number of rotatable bonds is 5. The van der Waals surface area contributed by atoms with Crippen LogP contribution in [0.4, 0.5) is 0 Å². The summed E-state index contributed by atoms with van der Waals surface area (Å²) in [4.78, 5) is 2.66. The lowest BCUT2D eigenvalue weighted by Crippen LogP contribution is -2.36. The minimum atomic E-state index is 0.349. The second-order valence-electron chi connectivity index (χ2n) is 6.90. The maximum Gasteiger partial charge on any atom is 0.0655 e. The van der Waals surface area contributed by atoms with Gasteiger partial charge in [-0.25, -0.2) is 0 Å². The Morgan fingerprint density at radius 2 is 1.75 bits per heavy atom. The van der Waals surface area contributed by atoms with E-state index in [1.54, 1.807) is 0 Å². The van der Waals surface area contributed by atoms with Gasteiger partial charge in [0, 0.05) is 23.5 Å². The molecular weight excluding hydrogens is 264 g/mol. The highest BCUT2D eigenvalue weighted by Gasteiger charge is 2.23. The lowest BCUT2D eigenvalue weighted by atomic mass is 9.87. The third kappa shape index (κ3) is 4.97. The molecule has 0 amide bonds. The second-order valence-corrected chi connectivity index (χ2v) is 8.30. The predicted molar refractivity (Wildman–Crippen MR) is 87.8 cm³/mol. The number of piperidine rings is 1. The van der Waals surface area contributed by atoms with E-state index in [1.807, 2.05) is 0 Å². The van der Waals surface area contributed by atoms with E-state index in [0.717, 1.165) is 29.9 Å². The zero-order chi connectivity index (χ0) is 14.4. The molecule has 2 nitrogen and oxygen atoms in total. The van der Waals surface area contributed by atoms with Gasteiger partial charge in [0.05, 0.1) is 6.07 Å². The molecular formula is C17H30N2S. The molecule has 1 saturated heterocycles. The largest absolute Gasteiger partial charge is 0.302 e. The highest BCUT2D eigenvalue weighted by Crippen LogP contribution is 2.32. The van der Waals surface area contributed by atoms with Crippen LogP contribution in [-0.2, 0) is 0 Å². The van der Waals surface area contributed by atoms with Gasteiger partial charge in [0.2, 0.25) is 0 Å². The van der Waals surface area contributed by atoms with Crippen molar-refractivity contribution in [3.8, 4) is 6.07 Å². The minimum absolute atomic E-state index is 0.349. The van der Waals surface area contributed by atoms with Crippen molar-refractivity contribution in [3.05, 3.63) is 0 Å². The average molecular weight is 295 g/mol. The van der Waals surface area contributed by atoms with E-state index in [1.165, 1.54) is 51.1 Å². The summed E-state index contributed by atoms with van der Waals surface area (Å²) in [5.41, 5.74) is 0. The molecule has 0 aromatic carbocycles. The Morgan fingerprint density at radius 1 is 1.10 bits per heavy atom. The molecule has 2 aliphatic rings. The summed E-state index contributed by atoms with van der Waals surface area (Å²) >= 11 is 2.16. The average Bonchev–Trinajstić information content (AvgIpc) is 2.48. The standard InChI is InChI=1S/C17H30N2S/c1-14(2)16-7-9-19(10-8-16)11-12-20-17-5-3-15(13-18)4-6-17/h14-17H,3-12H2,1-2H3. The Hall–Kier alpha value is -0.200. The number of nitrogens with zero attached hydrogens (tertiary/aromatic N) is 2. The maximum absolute atomic E-state index is 8.92. The molecule has 114 valence electrons. The van der Waals surface area contributed by atoms with Crippen LogP contribution >= 0.6 is 11.8 Å². The van der Waals surface area contributed by atoms with E-state index in [0.29, 0.717) is 5.92 Å². The van der Waals surface area contributed by atoms with Crippen molar-refractivity contribution in [1.29, 1.82) is 5.26 Å². The van der Waals surface area contributed by atoms with Gasteiger partial charge in [0.25, 0.3) is 0 Å². The summed E-state index contributed by atoms with van der Waals surface area (Å²) in [5, 5.41) is 9.75.